The summed E-state index contributed by atoms with van der Waals surface area (Å²) >= 11 is 0. The molecule has 8 heteroatoms. The number of nitrogens with zero attached hydrogens (tertiary/aromatic N) is 3. The molecule has 0 radical (unpaired) electrons. The van der Waals surface area contributed by atoms with Crippen LogP contribution in [-0.2, 0) is 9.53 Å². The van der Waals surface area contributed by atoms with Gasteiger partial charge in [0.1, 0.15) is 0 Å². The highest BCUT2D eigenvalue weighted by atomic mass is 127. The first-order chi connectivity index (χ1) is 13.2. The van der Waals surface area contributed by atoms with Gasteiger partial charge in [-0.15, -0.1) is 24.0 Å². The molecule has 28 heavy (non-hydrogen) atoms. The second-order valence-corrected chi connectivity index (χ2v) is 7.16. The molecule has 2 aliphatic rings. The molecule has 2 unspecified atom stereocenters. The van der Waals surface area contributed by atoms with Crippen LogP contribution in [-0.4, -0.2) is 87.7 Å². The third-order valence-electron chi connectivity index (χ3n) is 5.21. The topological polar surface area (TPSA) is 69.2 Å². The van der Waals surface area contributed by atoms with Crippen LogP contribution in [0.5, 0.6) is 0 Å². The summed E-state index contributed by atoms with van der Waals surface area (Å²) in [6, 6.07) is 11.1. The molecule has 3 rings (SSSR count). The molecule has 1 aliphatic carbocycles. The van der Waals surface area contributed by atoms with E-state index >= 15 is 0 Å². The van der Waals surface area contributed by atoms with E-state index in [1.54, 1.807) is 7.11 Å². The molecule has 1 aliphatic heterocycles. The summed E-state index contributed by atoms with van der Waals surface area (Å²) < 4.78 is 4.95. The zero-order valence-corrected chi connectivity index (χ0v) is 19.1. The van der Waals surface area contributed by atoms with Crippen molar-refractivity contribution in [1.29, 1.82) is 0 Å². The third-order valence-corrected chi connectivity index (χ3v) is 5.21. The number of halogens is 1. The Kier molecular flexibility index (Phi) is 9.46. The molecule has 1 saturated carbocycles. The predicted octanol–water partition coefficient (Wildman–Crippen LogP) is 1.12. The van der Waals surface area contributed by atoms with Gasteiger partial charge in [-0.1, -0.05) is 30.3 Å². The fourth-order valence-corrected chi connectivity index (χ4v) is 3.56. The predicted molar refractivity (Wildman–Crippen MR) is 122 cm³/mol. The highest BCUT2D eigenvalue weighted by Crippen LogP contribution is 2.40. The van der Waals surface area contributed by atoms with Gasteiger partial charge in [-0.25, -0.2) is 0 Å². The summed E-state index contributed by atoms with van der Waals surface area (Å²) in [5.41, 5.74) is 1.40. The van der Waals surface area contributed by atoms with E-state index in [1.807, 2.05) is 7.05 Å². The lowest BCUT2D eigenvalue weighted by Gasteiger charge is -2.36. The number of nitrogens with one attached hydrogen (secondary N) is 2. The lowest BCUT2D eigenvalue weighted by atomic mass is 10.1. The number of ether oxygens (including phenoxy) is 1. The average Bonchev–Trinajstić information content (AvgIpc) is 3.47. The molecule has 0 spiro atoms. The highest BCUT2D eigenvalue weighted by molar-refractivity contribution is 14.0. The normalized spacial score (nSPS) is 22.4. The van der Waals surface area contributed by atoms with Crippen LogP contribution in [0.2, 0.25) is 0 Å². The minimum absolute atomic E-state index is 0. The molecule has 0 aromatic heterocycles. The molecular formula is C20H32IN5O2. The van der Waals surface area contributed by atoms with Crippen molar-refractivity contribution in [3.63, 3.8) is 0 Å². The number of guanidine groups is 1. The second-order valence-electron chi connectivity index (χ2n) is 7.16. The molecule has 1 amide bonds. The number of hydrogen-bond donors (Lipinski definition) is 2. The van der Waals surface area contributed by atoms with Gasteiger partial charge in [-0.3, -0.25) is 14.7 Å². The minimum Gasteiger partial charge on any atom is -0.383 e. The van der Waals surface area contributed by atoms with Crippen LogP contribution >= 0.6 is 24.0 Å². The van der Waals surface area contributed by atoms with Gasteiger partial charge >= 0.3 is 0 Å². The molecule has 156 valence electrons. The molecular weight excluding hydrogens is 469 g/mol. The zero-order valence-electron chi connectivity index (χ0n) is 16.8. The van der Waals surface area contributed by atoms with E-state index in [9.17, 15) is 4.79 Å². The summed E-state index contributed by atoms with van der Waals surface area (Å²) in [6.07, 6.45) is 1.16. The van der Waals surface area contributed by atoms with E-state index < -0.39 is 0 Å². The van der Waals surface area contributed by atoms with Crippen molar-refractivity contribution in [2.45, 2.75) is 18.4 Å². The van der Waals surface area contributed by atoms with Crippen LogP contribution in [0.15, 0.2) is 35.3 Å². The first kappa shape index (κ1) is 22.9. The van der Waals surface area contributed by atoms with Crippen LogP contribution in [0.4, 0.5) is 0 Å². The number of piperazine rings is 1. The van der Waals surface area contributed by atoms with Crippen molar-refractivity contribution >= 4 is 35.8 Å². The van der Waals surface area contributed by atoms with Crippen molar-refractivity contribution in [1.82, 2.24) is 20.4 Å². The van der Waals surface area contributed by atoms with Gasteiger partial charge in [0.2, 0.25) is 5.91 Å². The van der Waals surface area contributed by atoms with Crippen molar-refractivity contribution in [3.8, 4) is 0 Å². The number of methoxy groups -OCH3 is 1. The molecule has 2 fully saturated rings. The van der Waals surface area contributed by atoms with Crippen LogP contribution < -0.4 is 10.6 Å². The van der Waals surface area contributed by atoms with Crippen molar-refractivity contribution in [2.24, 2.45) is 4.99 Å². The molecule has 2 atom stereocenters. The lowest BCUT2D eigenvalue weighted by Crippen LogP contribution is -2.54. The van der Waals surface area contributed by atoms with Gasteiger partial charge in [0.15, 0.2) is 5.96 Å². The SMILES string of the molecule is CN=C(NC1CC1c1ccccc1)N1CCN(CC(=O)NCCOC)CC1.I. The number of benzene rings is 1. The Balaban J connectivity index is 0.00000280. The smallest absolute Gasteiger partial charge is 0.234 e. The van der Waals surface area contributed by atoms with Crippen molar-refractivity contribution < 1.29 is 9.53 Å². The fourth-order valence-electron chi connectivity index (χ4n) is 3.56. The molecule has 2 N–H and O–H groups in total. The van der Waals surface area contributed by atoms with Crippen LogP contribution in [0, 0.1) is 0 Å². The summed E-state index contributed by atoms with van der Waals surface area (Å²) in [6.45, 7) is 5.06. The van der Waals surface area contributed by atoms with Crippen LogP contribution in [0.1, 0.15) is 17.9 Å². The number of amides is 1. The quantitative estimate of drug-likeness (QED) is 0.254. The third kappa shape index (κ3) is 6.59. The van der Waals surface area contributed by atoms with Crippen molar-refractivity contribution in [3.05, 3.63) is 35.9 Å². The van der Waals surface area contributed by atoms with E-state index in [0.717, 1.165) is 38.6 Å². The maximum atomic E-state index is 11.9. The largest absolute Gasteiger partial charge is 0.383 e. The van der Waals surface area contributed by atoms with Gasteiger partial charge in [-0.2, -0.15) is 0 Å². The number of hydrogen-bond acceptors (Lipinski definition) is 4. The number of carbonyl (C=O) groups excluding carboxylic acids is 1. The Morgan fingerprint density at radius 1 is 1.21 bits per heavy atom. The van der Waals surface area contributed by atoms with E-state index in [1.165, 1.54) is 5.56 Å². The summed E-state index contributed by atoms with van der Waals surface area (Å²) in [5, 5.41) is 6.49. The lowest BCUT2D eigenvalue weighted by molar-refractivity contribution is -0.122. The Hall–Kier alpha value is -1.39. The average molecular weight is 501 g/mol. The van der Waals surface area contributed by atoms with Gasteiger partial charge in [-0.05, 0) is 12.0 Å². The van der Waals surface area contributed by atoms with Crippen LogP contribution in [0.3, 0.4) is 0 Å². The molecule has 7 nitrogen and oxygen atoms in total. The monoisotopic (exact) mass is 501 g/mol. The molecule has 1 aromatic rings. The maximum Gasteiger partial charge on any atom is 0.234 e. The number of aliphatic imine (C=N–C) groups is 1. The van der Waals surface area contributed by atoms with Gasteiger partial charge in [0.25, 0.3) is 0 Å². The number of carbonyl (C=O) groups is 1. The van der Waals surface area contributed by atoms with E-state index in [4.69, 9.17) is 4.74 Å². The molecule has 1 aromatic carbocycles. The Morgan fingerprint density at radius 3 is 2.57 bits per heavy atom. The zero-order chi connectivity index (χ0) is 19.1. The molecule has 0 bridgehead atoms. The first-order valence-electron chi connectivity index (χ1n) is 9.72. The molecule has 1 heterocycles. The summed E-state index contributed by atoms with van der Waals surface area (Å²) in [7, 11) is 3.48. The van der Waals surface area contributed by atoms with Gasteiger partial charge in [0.05, 0.1) is 13.2 Å². The summed E-state index contributed by atoms with van der Waals surface area (Å²) in [5.74, 6) is 1.62. The van der Waals surface area contributed by atoms with Crippen LogP contribution in [0.25, 0.3) is 0 Å². The number of rotatable bonds is 7. The standard InChI is InChI=1S/C20H31N5O2.HI/c1-21-20(23-18-14-17(18)16-6-4-3-5-7-16)25-11-9-24(10-12-25)15-19(26)22-8-13-27-2;/h3-7,17-18H,8-15H2,1-2H3,(H,21,23)(H,22,26);1H. The Bertz CT molecular complexity index is 635. The minimum atomic E-state index is 0. The van der Waals surface area contributed by atoms with E-state index in [0.29, 0.717) is 31.7 Å². The van der Waals surface area contributed by atoms with Gasteiger partial charge < -0.3 is 20.3 Å². The Morgan fingerprint density at radius 2 is 1.93 bits per heavy atom. The van der Waals surface area contributed by atoms with Gasteiger partial charge in [0, 0.05) is 58.8 Å². The highest BCUT2D eigenvalue weighted by Gasteiger charge is 2.39. The first-order valence-corrected chi connectivity index (χ1v) is 9.72. The summed E-state index contributed by atoms with van der Waals surface area (Å²) in [4.78, 5) is 20.9. The van der Waals surface area contributed by atoms with E-state index in [2.05, 4.69) is 55.8 Å². The molecule has 1 saturated heterocycles. The van der Waals surface area contributed by atoms with E-state index in [-0.39, 0.29) is 29.9 Å². The fraction of sp³-hybridized carbons (Fsp3) is 0.600. The van der Waals surface area contributed by atoms with Crippen molar-refractivity contribution in [2.75, 3.05) is 60.0 Å². The second kappa shape index (κ2) is 11.6. The Labute approximate surface area is 184 Å². The maximum absolute atomic E-state index is 11.9.